The van der Waals surface area contributed by atoms with Crippen LogP contribution in [0.25, 0.3) is 0 Å². The number of anilines is 1. The Hall–Kier alpha value is -1.42. The van der Waals surface area contributed by atoms with Crippen molar-refractivity contribution in [2.45, 2.75) is 25.3 Å². The summed E-state index contributed by atoms with van der Waals surface area (Å²) in [5.74, 6) is -0.0234. The number of hydrogen-bond donors (Lipinski definition) is 2. The van der Waals surface area contributed by atoms with Crippen molar-refractivity contribution in [1.82, 2.24) is 10.2 Å². The molecule has 1 aliphatic rings. The van der Waals surface area contributed by atoms with Crippen LogP contribution in [0.3, 0.4) is 0 Å². The molecular formula is C14H20N4OS. The van der Waals surface area contributed by atoms with E-state index in [0.29, 0.717) is 23.0 Å². The highest BCUT2D eigenvalue weighted by Gasteiger charge is 2.18. The molecule has 1 aromatic heterocycles. The van der Waals surface area contributed by atoms with Gasteiger partial charge in [-0.15, -0.1) is 11.3 Å². The number of carbonyl (C=O) groups is 1. The SMILES string of the molecule is CN(CCC(=O)Nc1sccc1C#N)C1CCNCC1. The third-order valence-electron chi connectivity index (χ3n) is 3.66. The van der Waals surface area contributed by atoms with Gasteiger partial charge in [-0.1, -0.05) is 0 Å². The average Bonchev–Trinajstić information content (AvgIpc) is 2.92. The van der Waals surface area contributed by atoms with Crippen molar-refractivity contribution >= 4 is 22.2 Å². The van der Waals surface area contributed by atoms with E-state index >= 15 is 0 Å². The van der Waals surface area contributed by atoms with Crippen LogP contribution < -0.4 is 10.6 Å². The molecule has 1 amide bonds. The minimum atomic E-state index is -0.0234. The normalized spacial score (nSPS) is 16.1. The Morgan fingerprint density at radius 3 is 3.05 bits per heavy atom. The van der Waals surface area contributed by atoms with Crippen LogP contribution in [-0.4, -0.2) is 43.5 Å². The third-order valence-corrected chi connectivity index (χ3v) is 4.49. The summed E-state index contributed by atoms with van der Waals surface area (Å²) in [6.45, 7) is 2.87. The van der Waals surface area contributed by atoms with Crippen LogP contribution in [0.2, 0.25) is 0 Å². The average molecular weight is 292 g/mol. The first kappa shape index (κ1) is 15.0. The quantitative estimate of drug-likeness (QED) is 0.865. The lowest BCUT2D eigenvalue weighted by Gasteiger charge is -2.31. The number of carbonyl (C=O) groups excluding carboxylic acids is 1. The fraction of sp³-hybridized carbons (Fsp3) is 0.571. The second kappa shape index (κ2) is 7.39. The molecule has 0 radical (unpaired) electrons. The fourth-order valence-corrected chi connectivity index (χ4v) is 3.14. The van der Waals surface area contributed by atoms with Crippen molar-refractivity contribution in [3.8, 4) is 6.07 Å². The molecule has 0 atom stereocenters. The molecule has 0 unspecified atom stereocenters. The molecule has 0 aliphatic carbocycles. The van der Waals surface area contributed by atoms with E-state index in [0.717, 1.165) is 32.5 Å². The van der Waals surface area contributed by atoms with Gasteiger partial charge in [0.2, 0.25) is 5.91 Å². The molecule has 0 spiro atoms. The smallest absolute Gasteiger partial charge is 0.226 e. The first-order chi connectivity index (χ1) is 9.70. The Morgan fingerprint density at radius 1 is 1.60 bits per heavy atom. The standard InChI is InChI=1S/C14H20N4OS/c1-18(12-2-6-16-7-3-12)8-4-13(19)17-14-11(10-15)5-9-20-14/h5,9,12,16H,2-4,6-8H2,1H3,(H,17,19). The molecule has 20 heavy (non-hydrogen) atoms. The predicted octanol–water partition coefficient (Wildman–Crippen LogP) is 1.63. The Morgan fingerprint density at radius 2 is 2.35 bits per heavy atom. The molecule has 2 N–H and O–H groups in total. The third kappa shape index (κ3) is 4.04. The van der Waals surface area contributed by atoms with E-state index in [9.17, 15) is 4.79 Å². The lowest BCUT2D eigenvalue weighted by molar-refractivity contribution is -0.116. The lowest BCUT2D eigenvalue weighted by Crippen LogP contribution is -2.42. The molecule has 2 rings (SSSR count). The number of nitrogens with one attached hydrogen (secondary N) is 2. The maximum absolute atomic E-state index is 11.9. The van der Waals surface area contributed by atoms with Gasteiger partial charge in [0, 0.05) is 19.0 Å². The Bertz CT molecular complexity index is 488. The van der Waals surface area contributed by atoms with Gasteiger partial charge in [-0.3, -0.25) is 4.79 Å². The summed E-state index contributed by atoms with van der Waals surface area (Å²) in [5, 5.41) is 17.5. The summed E-state index contributed by atoms with van der Waals surface area (Å²) < 4.78 is 0. The summed E-state index contributed by atoms with van der Waals surface area (Å²) in [7, 11) is 2.08. The van der Waals surface area contributed by atoms with Crippen LogP contribution in [0.1, 0.15) is 24.8 Å². The highest BCUT2D eigenvalue weighted by molar-refractivity contribution is 7.14. The van der Waals surface area contributed by atoms with Gasteiger partial charge in [-0.2, -0.15) is 5.26 Å². The number of amides is 1. The predicted molar refractivity (Wildman–Crippen MR) is 80.8 cm³/mol. The van der Waals surface area contributed by atoms with Crippen LogP contribution in [0.4, 0.5) is 5.00 Å². The maximum atomic E-state index is 11.9. The van der Waals surface area contributed by atoms with Crippen LogP contribution in [0.15, 0.2) is 11.4 Å². The van der Waals surface area contributed by atoms with E-state index < -0.39 is 0 Å². The van der Waals surface area contributed by atoms with E-state index in [1.165, 1.54) is 11.3 Å². The van der Waals surface area contributed by atoms with Gasteiger partial charge < -0.3 is 15.5 Å². The van der Waals surface area contributed by atoms with Crippen molar-refractivity contribution < 1.29 is 4.79 Å². The molecular weight excluding hydrogens is 272 g/mol. The second-order valence-corrected chi connectivity index (χ2v) is 5.95. The number of hydrogen-bond acceptors (Lipinski definition) is 5. The molecule has 0 aromatic carbocycles. The first-order valence-corrected chi connectivity index (χ1v) is 7.77. The van der Waals surface area contributed by atoms with Gasteiger partial charge in [0.05, 0.1) is 5.56 Å². The van der Waals surface area contributed by atoms with Gasteiger partial charge in [-0.25, -0.2) is 0 Å². The van der Waals surface area contributed by atoms with E-state index in [1.807, 2.05) is 5.38 Å². The van der Waals surface area contributed by atoms with Crippen molar-refractivity contribution in [2.24, 2.45) is 0 Å². The highest BCUT2D eigenvalue weighted by Crippen LogP contribution is 2.22. The Kier molecular flexibility index (Phi) is 5.53. The topological polar surface area (TPSA) is 68.2 Å². The molecule has 0 saturated carbocycles. The maximum Gasteiger partial charge on any atom is 0.226 e. The fourth-order valence-electron chi connectivity index (χ4n) is 2.39. The number of nitriles is 1. The van der Waals surface area contributed by atoms with Gasteiger partial charge in [0.25, 0.3) is 0 Å². The van der Waals surface area contributed by atoms with E-state index in [1.54, 1.807) is 6.07 Å². The van der Waals surface area contributed by atoms with E-state index in [-0.39, 0.29) is 5.91 Å². The molecule has 1 saturated heterocycles. The first-order valence-electron chi connectivity index (χ1n) is 6.89. The van der Waals surface area contributed by atoms with E-state index in [2.05, 4.69) is 28.7 Å². The van der Waals surface area contributed by atoms with Gasteiger partial charge in [0.1, 0.15) is 11.1 Å². The van der Waals surface area contributed by atoms with Crippen LogP contribution in [0, 0.1) is 11.3 Å². The second-order valence-electron chi connectivity index (χ2n) is 5.04. The van der Waals surface area contributed by atoms with E-state index in [4.69, 9.17) is 5.26 Å². The largest absolute Gasteiger partial charge is 0.317 e. The van der Waals surface area contributed by atoms with Crippen molar-refractivity contribution in [2.75, 3.05) is 32.0 Å². The number of nitrogens with zero attached hydrogens (tertiary/aromatic N) is 2. The monoisotopic (exact) mass is 292 g/mol. The van der Waals surface area contributed by atoms with Crippen molar-refractivity contribution in [3.05, 3.63) is 17.0 Å². The molecule has 108 valence electrons. The number of piperidine rings is 1. The zero-order valence-corrected chi connectivity index (χ0v) is 12.5. The number of rotatable bonds is 5. The summed E-state index contributed by atoms with van der Waals surface area (Å²) in [6.07, 6.45) is 2.74. The zero-order chi connectivity index (χ0) is 14.4. The molecule has 1 fully saturated rings. The highest BCUT2D eigenvalue weighted by atomic mass is 32.1. The molecule has 5 nitrogen and oxygen atoms in total. The minimum absolute atomic E-state index is 0.0234. The zero-order valence-electron chi connectivity index (χ0n) is 11.7. The molecule has 2 heterocycles. The number of thiophene rings is 1. The van der Waals surface area contributed by atoms with Crippen LogP contribution in [-0.2, 0) is 4.79 Å². The lowest BCUT2D eigenvalue weighted by atomic mass is 10.1. The molecule has 6 heteroatoms. The van der Waals surface area contributed by atoms with Crippen LogP contribution in [0.5, 0.6) is 0 Å². The van der Waals surface area contributed by atoms with Gasteiger partial charge in [-0.05, 0) is 44.4 Å². The molecule has 1 aliphatic heterocycles. The summed E-state index contributed by atoms with van der Waals surface area (Å²) >= 11 is 1.39. The van der Waals surface area contributed by atoms with Crippen LogP contribution >= 0.6 is 11.3 Å². The Labute approximate surface area is 123 Å². The summed E-state index contributed by atoms with van der Waals surface area (Å²) in [5.41, 5.74) is 0.537. The van der Waals surface area contributed by atoms with Gasteiger partial charge in [0.15, 0.2) is 0 Å². The molecule has 0 bridgehead atoms. The van der Waals surface area contributed by atoms with Crippen molar-refractivity contribution in [3.63, 3.8) is 0 Å². The summed E-state index contributed by atoms with van der Waals surface area (Å²) in [4.78, 5) is 14.2. The minimum Gasteiger partial charge on any atom is -0.317 e. The Balaban J connectivity index is 1.76. The summed E-state index contributed by atoms with van der Waals surface area (Å²) in [6, 6.07) is 4.37. The molecule has 1 aromatic rings. The van der Waals surface area contributed by atoms with Crippen molar-refractivity contribution in [1.29, 1.82) is 5.26 Å². The van der Waals surface area contributed by atoms with Gasteiger partial charge >= 0.3 is 0 Å².